The highest BCUT2D eigenvalue weighted by Gasteiger charge is 2.10. The fraction of sp³-hybridized carbons (Fsp3) is 0. The maximum Gasteiger partial charge on any atom is 0.274 e. The number of nitrogens with one attached hydrogen (secondary N) is 2. The van der Waals surface area contributed by atoms with Gasteiger partial charge < -0.3 is 10.6 Å². The molecule has 6 nitrogen and oxygen atoms in total. The van der Waals surface area contributed by atoms with Crippen molar-refractivity contribution in [3.8, 4) is 6.07 Å². The third-order valence-corrected chi connectivity index (χ3v) is 3.48. The lowest BCUT2D eigenvalue weighted by molar-refractivity contribution is 0.102. The fourth-order valence-electron chi connectivity index (χ4n) is 2.06. The van der Waals surface area contributed by atoms with Gasteiger partial charge in [0.1, 0.15) is 5.69 Å². The predicted octanol–water partition coefficient (Wildman–Crippen LogP) is 4.00. The summed E-state index contributed by atoms with van der Waals surface area (Å²) >= 11 is 5.90. The Hall–Kier alpha value is -3.43. The van der Waals surface area contributed by atoms with Crippen molar-refractivity contribution in [3.63, 3.8) is 0 Å². The molecule has 1 amide bonds. The minimum Gasteiger partial charge on any atom is -0.324 e. The van der Waals surface area contributed by atoms with Crippen LogP contribution in [0.2, 0.25) is 5.02 Å². The van der Waals surface area contributed by atoms with Crippen molar-refractivity contribution in [1.29, 1.82) is 5.26 Å². The molecule has 0 saturated heterocycles. The molecule has 0 atom stereocenters. The standard InChI is InChI=1S/C18H12ClN5O/c19-13-2-1-3-15(10-13)22-17(25)16-8-9-21-18(24-16)23-14-6-4-12(11-20)5-7-14/h1-10H,(H,22,25)(H,21,23,24). The molecule has 1 aromatic heterocycles. The molecule has 0 aliphatic rings. The first-order valence-corrected chi connectivity index (χ1v) is 7.69. The van der Waals surface area contributed by atoms with Gasteiger partial charge in [-0.3, -0.25) is 4.79 Å². The average Bonchev–Trinajstić information content (AvgIpc) is 2.62. The number of halogens is 1. The molecule has 0 bridgehead atoms. The van der Waals surface area contributed by atoms with Crippen molar-refractivity contribution < 1.29 is 4.79 Å². The molecule has 3 aromatic rings. The summed E-state index contributed by atoms with van der Waals surface area (Å²) < 4.78 is 0. The van der Waals surface area contributed by atoms with Crippen LogP contribution in [0.5, 0.6) is 0 Å². The summed E-state index contributed by atoms with van der Waals surface area (Å²) in [5, 5.41) is 15.1. The Morgan fingerprint density at radius 2 is 1.88 bits per heavy atom. The lowest BCUT2D eigenvalue weighted by atomic mass is 10.2. The molecule has 1 heterocycles. The van der Waals surface area contributed by atoms with Crippen LogP contribution in [0.3, 0.4) is 0 Å². The monoisotopic (exact) mass is 349 g/mol. The van der Waals surface area contributed by atoms with Crippen molar-refractivity contribution in [2.75, 3.05) is 10.6 Å². The van der Waals surface area contributed by atoms with E-state index in [0.717, 1.165) is 0 Å². The van der Waals surface area contributed by atoms with Crippen LogP contribution < -0.4 is 10.6 Å². The number of hydrogen-bond acceptors (Lipinski definition) is 5. The Labute approximate surface area is 149 Å². The molecule has 3 rings (SSSR count). The number of anilines is 3. The smallest absolute Gasteiger partial charge is 0.274 e. The molecule has 25 heavy (non-hydrogen) atoms. The molecule has 2 aromatic carbocycles. The van der Waals surface area contributed by atoms with Gasteiger partial charge in [0, 0.05) is 22.6 Å². The molecule has 0 saturated carbocycles. The summed E-state index contributed by atoms with van der Waals surface area (Å²) in [4.78, 5) is 20.6. The summed E-state index contributed by atoms with van der Waals surface area (Å²) in [7, 11) is 0. The molecular weight excluding hydrogens is 338 g/mol. The summed E-state index contributed by atoms with van der Waals surface area (Å²) in [6, 6.07) is 17.3. The Morgan fingerprint density at radius 3 is 2.60 bits per heavy atom. The van der Waals surface area contributed by atoms with Crippen molar-refractivity contribution in [2.24, 2.45) is 0 Å². The molecule has 0 fully saturated rings. The van der Waals surface area contributed by atoms with E-state index in [-0.39, 0.29) is 17.5 Å². The zero-order valence-corrected chi connectivity index (χ0v) is 13.7. The number of aromatic nitrogens is 2. The first kappa shape index (κ1) is 16.4. The van der Waals surface area contributed by atoms with Gasteiger partial charge in [-0.2, -0.15) is 5.26 Å². The van der Waals surface area contributed by atoms with E-state index in [9.17, 15) is 4.79 Å². The van der Waals surface area contributed by atoms with Crippen molar-refractivity contribution in [3.05, 3.63) is 77.1 Å². The van der Waals surface area contributed by atoms with Crippen LogP contribution >= 0.6 is 11.6 Å². The summed E-state index contributed by atoms with van der Waals surface area (Å²) in [6.45, 7) is 0. The van der Waals surface area contributed by atoms with Gasteiger partial charge in [0.15, 0.2) is 0 Å². The second-order valence-electron chi connectivity index (χ2n) is 5.04. The molecule has 0 aliphatic carbocycles. The molecule has 0 spiro atoms. The maximum atomic E-state index is 12.3. The number of nitriles is 1. The van der Waals surface area contributed by atoms with E-state index in [1.165, 1.54) is 12.3 Å². The van der Waals surface area contributed by atoms with E-state index in [0.29, 0.717) is 22.0 Å². The van der Waals surface area contributed by atoms with Crippen LogP contribution in [0.15, 0.2) is 60.8 Å². The molecule has 0 aliphatic heterocycles. The number of rotatable bonds is 4. The number of carbonyl (C=O) groups is 1. The van der Waals surface area contributed by atoms with E-state index in [4.69, 9.17) is 16.9 Å². The van der Waals surface area contributed by atoms with Crippen LogP contribution in [0.4, 0.5) is 17.3 Å². The van der Waals surface area contributed by atoms with Crippen LogP contribution in [0.25, 0.3) is 0 Å². The maximum absolute atomic E-state index is 12.3. The number of benzene rings is 2. The Kier molecular flexibility index (Phi) is 4.88. The van der Waals surface area contributed by atoms with Crippen LogP contribution in [-0.2, 0) is 0 Å². The zero-order valence-electron chi connectivity index (χ0n) is 12.9. The molecule has 0 radical (unpaired) electrons. The van der Waals surface area contributed by atoms with Gasteiger partial charge in [-0.15, -0.1) is 0 Å². The zero-order chi connectivity index (χ0) is 17.6. The van der Waals surface area contributed by atoms with Gasteiger partial charge in [0.05, 0.1) is 11.6 Å². The summed E-state index contributed by atoms with van der Waals surface area (Å²) in [6.07, 6.45) is 1.49. The van der Waals surface area contributed by atoms with E-state index >= 15 is 0 Å². The molecule has 122 valence electrons. The quantitative estimate of drug-likeness (QED) is 0.743. The first-order valence-electron chi connectivity index (χ1n) is 7.31. The number of carbonyl (C=O) groups excluding carboxylic acids is 1. The van der Waals surface area contributed by atoms with Gasteiger partial charge in [0.25, 0.3) is 5.91 Å². The number of amides is 1. The Morgan fingerprint density at radius 1 is 1.08 bits per heavy atom. The summed E-state index contributed by atoms with van der Waals surface area (Å²) in [5.41, 5.74) is 2.07. The predicted molar refractivity (Wildman–Crippen MR) is 95.9 cm³/mol. The largest absolute Gasteiger partial charge is 0.324 e. The molecule has 0 unspecified atom stereocenters. The summed E-state index contributed by atoms with van der Waals surface area (Å²) in [5.74, 6) is -0.0870. The van der Waals surface area contributed by atoms with Crippen LogP contribution in [-0.4, -0.2) is 15.9 Å². The second kappa shape index (κ2) is 7.43. The highest BCUT2D eigenvalue weighted by Crippen LogP contribution is 2.17. The van der Waals surface area contributed by atoms with E-state index < -0.39 is 0 Å². The minimum atomic E-state index is -0.368. The van der Waals surface area contributed by atoms with Gasteiger partial charge in [-0.05, 0) is 48.5 Å². The van der Waals surface area contributed by atoms with Gasteiger partial charge in [-0.1, -0.05) is 17.7 Å². The third-order valence-electron chi connectivity index (χ3n) is 3.24. The highest BCUT2D eigenvalue weighted by atomic mass is 35.5. The SMILES string of the molecule is N#Cc1ccc(Nc2nccc(C(=O)Nc3cccc(Cl)c3)n2)cc1. The number of nitrogens with zero attached hydrogens (tertiary/aromatic N) is 3. The molecular formula is C18H12ClN5O. The van der Waals surface area contributed by atoms with Crippen LogP contribution in [0.1, 0.15) is 16.1 Å². The highest BCUT2D eigenvalue weighted by molar-refractivity contribution is 6.30. The van der Waals surface area contributed by atoms with E-state index in [1.54, 1.807) is 48.5 Å². The fourth-order valence-corrected chi connectivity index (χ4v) is 2.25. The topological polar surface area (TPSA) is 90.7 Å². The molecule has 2 N–H and O–H groups in total. The average molecular weight is 350 g/mol. The normalized spacial score (nSPS) is 9.92. The van der Waals surface area contributed by atoms with Crippen molar-refractivity contribution >= 4 is 34.8 Å². The van der Waals surface area contributed by atoms with Gasteiger partial charge in [0.2, 0.25) is 5.95 Å². The minimum absolute atomic E-state index is 0.214. The third kappa shape index (κ3) is 4.31. The van der Waals surface area contributed by atoms with Crippen LogP contribution in [0, 0.1) is 11.3 Å². The van der Waals surface area contributed by atoms with Crippen molar-refractivity contribution in [1.82, 2.24) is 9.97 Å². The lowest BCUT2D eigenvalue weighted by Crippen LogP contribution is -2.14. The number of hydrogen-bond donors (Lipinski definition) is 2. The Bertz CT molecular complexity index is 950. The van der Waals surface area contributed by atoms with Crippen molar-refractivity contribution in [2.45, 2.75) is 0 Å². The second-order valence-corrected chi connectivity index (χ2v) is 5.48. The van der Waals surface area contributed by atoms with E-state index in [2.05, 4.69) is 20.6 Å². The van der Waals surface area contributed by atoms with Gasteiger partial charge >= 0.3 is 0 Å². The lowest BCUT2D eigenvalue weighted by Gasteiger charge is -2.07. The Balaban J connectivity index is 1.74. The van der Waals surface area contributed by atoms with E-state index in [1.807, 2.05) is 6.07 Å². The van der Waals surface area contributed by atoms with Gasteiger partial charge in [-0.25, -0.2) is 9.97 Å². The molecule has 7 heteroatoms. The first-order chi connectivity index (χ1) is 12.1.